The number of nitrogens with zero attached hydrogens (tertiary/aromatic N) is 3. The second-order valence-corrected chi connectivity index (χ2v) is 10.6. The normalized spacial score (nSPS) is 17.7. The summed E-state index contributed by atoms with van der Waals surface area (Å²) in [6.45, 7) is 11.9. The van der Waals surface area contributed by atoms with Gasteiger partial charge in [-0.2, -0.15) is 0 Å². The van der Waals surface area contributed by atoms with Gasteiger partial charge in [-0.3, -0.25) is 9.78 Å². The van der Waals surface area contributed by atoms with Crippen LogP contribution in [0.3, 0.4) is 0 Å². The van der Waals surface area contributed by atoms with Crippen LogP contribution in [0.4, 0.5) is 5.69 Å². The van der Waals surface area contributed by atoms with Gasteiger partial charge in [-0.15, -0.1) is 0 Å². The summed E-state index contributed by atoms with van der Waals surface area (Å²) in [6, 6.07) is 15.1. The predicted octanol–water partition coefficient (Wildman–Crippen LogP) is 6.36. The van der Waals surface area contributed by atoms with Crippen LogP contribution in [0.2, 0.25) is 0 Å². The molecule has 2 aromatic carbocycles. The summed E-state index contributed by atoms with van der Waals surface area (Å²) in [5.41, 5.74) is 6.47. The fourth-order valence-electron chi connectivity index (χ4n) is 5.68. The molecule has 178 valence electrons. The molecule has 3 aromatic rings. The van der Waals surface area contributed by atoms with E-state index in [2.05, 4.69) is 59.2 Å². The van der Waals surface area contributed by atoms with Crippen LogP contribution in [0.25, 0.3) is 22.0 Å². The van der Waals surface area contributed by atoms with Crippen molar-refractivity contribution in [2.24, 2.45) is 11.8 Å². The third kappa shape index (κ3) is 4.74. The van der Waals surface area contributed by atoms with E-state index in [1.54, 1.807) is 0 Å². The molecular formula is C30H37N3O. The van der Waals surface area contributed by atoms with Crippen molar-refractivity contribution in [1.29, 1.82) is 0 Å². The number of carbonyl (C=O) groups excluding carboxylic acids is 1. The van der Waals surface area contributed by atoms with Crippen LogP contribution in [0, 0.1) is 18.8 Å². The van der Waals surface area contributed by atoms with Crippen LogP contribution in [0.5, 0.6) is 0 Å². The Kier molecular flexibility index (Phi) is 6.69. The first-order valence-electron chi connectivity index (χ1n) is 13.0. The number of fused-ring (bicyclic) bond motifs is 1. The number of aryl methyl sites for hydroxylation is 1. The van der Waals surface area contributed by atoms with Gasteiger partial charge in [0.2, 0.25) is 0 Å². The van der Waals surface area contributed by atoms with E-state index in [9.17, 15) is 4.79 Å². The number of carbonyl (C=O) groups is 1. The molecule has 5 rings (SSSR count). The highest BCUT2D eigenvalue weighted by atomic mass is 16.1. The first kappa shape index (κ1) is 23.0. The van der Waals surface area contributed by atoms with E-state index in [0.29, 0.717) is 0 Å². The van der Waals surface area contributed by atoms with Gasteiger partial charge < -0.3 is 9.80 Å². The molecule has 0 bridgehead atoms. The summed E-state index contributed by atoms with van der Waals surface area (Å²) >= 11 is 0. The second kappa shape index (κ2) is 9.87. The Morgan fingerprint density at radius 1 is 1.00 bits per heavy atom. The Bertz CT molecular complexity index is 1170. The summed E-state index contributed by atoms with van der Waals surface area (Å²) in [4.78, 5) is 23.1. The van der Waals surface area contributed by atoms with Gasteiger partial charge in [0, 0.05) is 37.1 Å². The van der Waals surface area contributed by atoms with Crippen molar-refractivity contribution in [2.45, 2.75) is 46.5 Å². The van der Waals surface area contributed by atoms with Crippen LogP contribution in [-0.2, 0) is 0 Å². The third-order valence-corrected chi connectivity index (χ3v) is 7.63. The zero-order valence-electron chi connectivity index (χ0n) is 20.9. The summed E-state index contributed by atoms with van der Waals surface area (Å²) < 4.78 is 0. The average Bonchev–Trinajstić information content (AvgIpc) is 3.36. The average molecular weight is 456 g/mol. The van der Waals surface area contributed by atoms with E-state index in [1.807, 2.05) is 20.0 Å². The topological polar surface area (TPSA) is 36.4 Å². The maximum absolute atomic E-state index is 13.3. The molecule has 0 N–H and O–H groups in total. The maximum Gasteiger partial charge on any atom is 0.169 e. The van der Waals surface area contributed by atoms with E-state index in [0.717, 1.165) is 41.2 Å². The smallest absolute Gasteiger partial charge is 0.169 e. The number of Topliss-reactive ketones (excluding diaryl/α,β-unsaturated/α-hetero) is 1. The van der Waals surface area contributed by atoms with Gasteiger partial charge >= 0.3 is 0 Å². The number of hydrogen-bond donors (Lipinski definition) is 0. The van der Waals surface area contributed by atoms with E-state index < -0.39 is 0 Å². The predicted molar refractivity (Wildman–Crippen MR) is 142 cm³/mol. The summed E-state index contributed by atoms with van der Waals surface area (Å²) in [5.74, 6) is 0.893. The highest BCUT2D eigenvalue weighted by molar-refractivity contribution is 6.09. The molecule has 0 spiro atoms. The van der Waals surface area contributed by atoms with Crippen molar-refractivity contribution < 1.29 is 4.79 Å². The van der Waals surface area contributed by atoms with Gasteiger partial charge in [0.25, 0.3) is 0 Å². The standard InChI is InChI=1S/C30H37N3O/c1-21(2)30(34)27-19-31-28-10-9-25(24-8-6-7-22(3)17-24)18-26(28)29(27)33-15-11-23(12-16-33)20-32-13-4-5-14-32/h6-10,17-19,21,23H,4-5,11-16,20H2,1-3H3. The van der Waals surface area contributed by atoms with Crippen LogP contribution in [0.1, 0.15) is 55.5 Å². The molecule has 0 unspecified atom stereocenters. The Balaban J connectivity index is 1.51. The van der Waals surface area contributed by atoms with E-state index in [4.69, 9.17) is 4.98 Å². The number of likely N-dealkylation sites (tertiary alicyclic amines) is 1. The lowest BCUT2D eigenvalue weighted by Gasteiger charge is -2.36. The lowest BCUT2D eigenvalue weighted by molar-refractivity contribution is 0.0939. The number of hydrogen-bond acceptors (Lipinski definition) is 4. The molecule has 2 aliphatic heterocycles. The van der Waals surface area contributed by atoms with E-state index in [-0.39, 0.29) is 11.7 Å². The Hall–Kier alpha value is -2.72. The molecule has 0 radical (unpaired) electrons. The van der Waals surface area contributed by atoms with Crippen LogP contribution < -0.4 is 4.90 Å². The molecule has 2 saturated heterocycles. The fourth-order valence-corrected chi connectivity index (χ4v) is 5.68. The molecule has 2 fully saturated rings. The SMILES string of the molecule is Cc1cccc(-c2ccc3ncc(C(=O)C(C)C)c(N4CCC(CN5CCCC5)CC4)c3c2)c1. The summed E-state index contributed by atoms with van der Waals surface area (Å²) in [6.07, 6.45) is 6.90. The molecule has 2 aliphatic rings. The molecule has 4 heteroatoms. The van der Waals surface area contributed by atoms with Crippen LogP contribution in [-0.4, -0.2) is 48.4 Å². The van der Waals surface area contributed by atoms with Gasteiger partial charge in [0.05, 0.1) is 16.8 Å². The molecular weight excluding hydrogens is 418 g/mol. The lowest BCUT2D eigenvalue weighted by Crippen LogP contribution is -2.39. The monoisotopic (exact) mass is 455 g/mol. The minimum Gasteiger partial charge on any atom is -0.370 e. The van der Waals surface area contributed by atoms with Crippen molar-refractivity contribution >= 4 is 22.4 Å². The van der Waals surface area contributed by atoms with Gasteiger partial charge in [-0.25, -0.2) is 0 Å². The number of ketones is 1. The van der Waals surface area contributed by atoms with Gasteiger partial charge in [0.1, 0.15) is 0 Å². The fraction of sp³-hybridized carbons (Fsp3) is 0.467. The number of piperidine rings is 1. The molecule has 3 heterocycles. The second-order valence-electron chi connectivity index (χ2n) is 10.6. The van der Waals surface area contributed by atoms with Crippen molar-refractivity contribution in [3.8, 4) is 11.1 Å². The molecule has 0 aliphatic carbocycles. The first-order chi connectivity index (χ1) is 16.5. The van der Waals surface area contributed by atoms with Crippen LogP contribution >= 0.6 is 0 Å². The molecule has 4 nitrogen and oxygen atoms in total. The summed E-state index contributed by atoms with van der Waals surface area (Å²) in [7, 11) is 0. The Labute approximate surface area is 204 Å². The zero-order valence-corrected chi connectivity index (χ0v) is 20.9. The maximum atomic E-state index is 13.3. The van der Waals surface area contributed by atoms with Gasteiger partial charge in [-0.05, 0) is 74.9 Å². The minimum atomic E-state index is -0.0503. The molecule has 0 saturated carbocycles. The molecule has 34 heavy (non-hydrogen) atoms. The number of anilines is 1. The highest BCUT2D eigenvalue weighted by Gasteiger charge is 2.27. The van der Waals surface area contributed by atoms with Gasteiger partial charge in [-0.1, -0.05) is 49.7 Å². The Morgan fingerprint density at radius 2 is 1.74 bits per heavy atom. The zero-order chi connectivity index (χ0) is 23.7. The Morgan fingerprint density at radius 3 is 2.44 bits per heavy atom. The van der Waals surface area contributed by atoms with Crippen LogP contribution in [0.15, 0.2) is 48.7 Å². The molecule has 1 aromatic heterocycles. The third-order valence-electron chi connectivity index (χ3n) is 7.63. The summed E-state index contributed by atoms with van der Waals surface area (Å²) in [5, 5.41) is 1.10. The first-order valence-corrected chi connectivity index (χ1v) is 13.0. The van der Waals surface area contributed by atoms with Crippen molar-refractivity contribution in [3.63, 3.8) is 0 Å². The quantitative estimate of drug-likeness (QED) is 0.405. The molecule has 0 amide bonds. The number of pyridine rings is 1. The highest BCUT2D eigenvalue weighted by Crippen LogP contribution is 2.36. The van der Waals surface area contributed by atoms with Crippen molar-refractivity contribution in [2.75, 3.05) is 37.6 Å². The number of benzene rings is 2. The van der Waals surface area contributed by atoms with E-state index in [1.165, 1.54) is 62.0 Å². The van der Waals surface area contributed by atoms with Crippen molar-refractivity contribution in [1.82, 2.24) is 9.88 Å². The minimum absolute atomic E-state index is 0.0503. The largest absolute Gasteiger partial charge is 0.370 e. The number of rotatable bonds is 6. The van der Waals surface area contributed by atoms with Gasteiger partial charge in [0.15, 0.2) is 5.78 Å². The molecule has 0 atom stereocenters. The lowest BCUT2D eigenvalue weighted by atomic mass is 9.92. The van der Waals surface area contributed by atoms with E-state index >= 15 is 0 Å². The van der Waals surface area contributed by atoms with Crippen molar-refractivity contribution in [3.05, 3.63) is 59.8 Å². The number of aromatic nitrogens is 1.